The van der Waals surface area contributed by atoms with Crippen LogP contribution in [0, 0.1) is 11.3 Å². The standard InChI is InChI=1S/C14H29NO/c1-5-13(3,4)12-7-9-14(11-16,10-8-12)15-6-2/h12,15-16H,5-11H2,1-4H3. The van der Waals surface area contributed by atoms with Crippen LogP contribution in [-0.2, 0) is 0 Å². The average Bonchev–Trinajstić information content (AvgIpc) is 2.30. The lowest BCUT2D eigenvalue weighted by Crippen LogP contribution is -2.51. The summed E-state index contributed by atoms with van der Waals surface area (Å²) in [6.45, 7) is 10.4. The first-order chi connectivity index (χ1) is 7.49. The lowest BCUT2D eigenvalue weighted by atomic mass is 9.65. The predicted molar refractivity (Wildman–Crippen MR) is 69.5 cm³/mol. The van der Waals surface area contributed by atoms with Crippen LogP contribution in [0.15, 0.2) is 0 Å². The molecule has 1 saturated carbocycles. The third-order valence-electron chi connectivity index (χ3n) is 4.81. The van der Waals surface area contributed by atoms with Crippen molar-refractivity contribution in [3.05, 3.63) is 0 Å². The van der Waals surface area contributed by atoms with Crippen LogP contribution in [0.3, 0.4) is 0 Å². The zero-order chi connectivity index (χ0) is 12.2. The van der Waals surface area contributed by atoms with Crippen LogP contribution < -0.4 is 5.32 Å². The summed E-state index contributed by atoms with van der Waals surface area (Å²) in [5.41, 5.74) is 0.489. The van der Waals surface area contributed by atoms with Crippen molar-refractivity contribution in [2.24, 2.45) is 11.3 Å². The number of likely N-dealkylation sites (N-methyl/N-ethyl adjacent to an activating group) is 1. The predicted octanol–water partition coefficient (Wildman–Crippen LogP) is 2.95. The van der Waals surface area contributed by atoms with Crippen molar-refractivity contribution >= 4 is 0 Å². The van der Waals surface area contributed by atoms with E-state index < -0.39 is 0 Å². The van der Waals surface area contributed by atoms with E-state index in [1.807, 2.05) is 0 Å². The lowest BCUT2D eigenvalue weighted by Gasteiger charge is -2.44. The molecule has 0 aromatic heterocycles. The Morgan fingerprint density at radius 1 is 1.25 bits per heavy atom. The van der Waals surface area contributed by atoms with Gasteiger partial charge >= 0.3 is 0 Å². The Labute approximate surface area is 101 Å². The second kappa shape index (κ2) is 5.50. The Kier molecular flexibility index (Phi) is 4.81. The highest BCUT2D eigenvalue weighted by atomic mass is 16.3. The molecular weight excluding hydrogens is 198 g/mol. The van der Waals surface area contributed by atoms with Gasteiger partial charge in [-0.1, -0.05) is 34.1 Å². The molecule has 0 spiro atoms. The van der Waals surface area contributed by atoms with Crippen LogP contribution in [0.5, 0.6) is 0 Å². The molecule has 0 amide bonds. The van der Waals surface area contributed by atoms with Crippen molar-refractivity contribution in [1.82, 2.24) is 5.32 Å². The number of hydrogen-bond acceptors (Lipinski definition) is 2. The fraction of sp³-hybridized carbons (Fsp3) is 1.00. The summed E-state index contributed by atoms with van der Waals surface area (Å²) in [5.74, 6) is 0.829. The zero-order valence-corrected chi connectivity index (χ0v) is 11.5. The van der Waals surface area contributed by atoms with Gasteiger partial charge in [0.25, 0.3) is 0 Å². The van der Waals surface area contributed by atoms with E-state index in [1.165, 1.54) is 19.3 Å². The molecule has 0 heterocycles. The first-order valence-electron chi connectivity index (χ1n) is 6.85. The average molecular weight is 227 g/mol. The molecule has 1 rings (SSSR count). The largest absolute Gasteiger partial charge is 0.394 e. The van der Waals surface area contributed by atoms with E-state index in [0.717, 1.165) is 25.3 Å². The van der Waals surface area contributed by atoms with Crippen molar-refractivity contribution in [3.63, 3.8) is 0 Å². The molecule has 2 nitrogen and oxygen atoms in total. The van der Waals surface area contributed by atoms with Gasteiger partial charge in [-0.3, -0.25) is 0 Å². The van der Waals surface area contributed by atoms with Crippen molar-refractivity contribution < 1.29 is 5.11 Å². The molecule has 1 aliphatic carbocycles. The molecule has 96 valence electrons. The summed E-state index contributed by atoms with van der Waals surface area (Å²) >= 11 is 0. The van der Waals surface area contributed by atoms with E-state index in [-0.39, 0.29) is 5.54 Å². The van der Waals surface area contributed by atoms with E-state index in [9.17, 15) is 5.11 Å². The summed E-state index contributed by atoms with van der Waals surface area (Å²) in [7, 11) is 0. The Morgan fingerprint density at radius 3 is 2.19 bits per heavy atom. The van der Waals surface area contributed by atoms with Gasteiger partial charge in [-0.25, -0.2) is 0 Å². The minimum Gasteiger partial charge on any atom is -0.394 e. The third kappa shape index (κ3) is 2.98. The minimum atomic E-state index is 0.0229. The maximum Gasteiger partial charge on any atom is 0.0613 e. The van der Waals surface area contributed by atoms with E-state index >= 15 is 0 Å². The summed E-state index contributed by atoms with van der Waals surface area (Å²) < 4.78 is 0. The van der Waals surface area contributed by atoms with Gasteiger partial charge in [0.15, 0.2) is 0 Å². The minimum absolute atomic E-state index is 0.0229. The summed E-state index contributed by atoms with van der Waals surface area (Å²) in [4.78, 5) is 0. The van der Waals surface area contributed by atoms with Crippen molar-refractivity contribution in [2.75, 3.05) is 13.2 Å². The highest BCUT2D eigenvalue weighted by Crippen LogP contribution is 2.43. The van der Waals surface area contributed by atoms with Crippen LogP contribution >= 0.6 is 0 Å². The van der Waals surface area contributed by atoms with Crippen LogP contribution in [0.1, 0.15) is 59.8 Å². The molecule has 0 atom stereocenters. The molecule has 0 aliphatic heterocycles. The molecular formula is C14H29NO. The number of aliphatic hydroxyl groups excluding tert-OH is 1. The summed E-state index contributed by atoms with van der Waals surface area (Å²) in [6, 6.07) is 0. The first kappa shape index (κ1) is 14.0. The Balaban J connectivity index is 2.55. The topological polar surface area (TPSA) is 32.3 Å². The molecule has 0 saturated heterocycles. The van der Waals surface area contributed by atoms with E-state index in [2.05, 4.69) is 33.0 Å². The maximum absolute atomic E-state index is 9.56. The SMILES string of the molecule is CCNC1(CO)CCC(C(C)(C)CC)CC1. The van der Waals surface area contributed by atoms with Gasteiger partial charge in [0.2, 0.25) is 0 Å². The zero-order valence-electron chi connectivity index (χ0n) is 11.5. The van der Waals surface area contributed by atoms with Crippen LogP contribution in [-0.4, -0.2) is 23.8 Å². The number of aliphatic hydroxyl groups is 1. The highest BCUT2D eigenvalue weighted by Gasteiger charge is 2.38. The lowest BCUT2D eigenvalue weighted by molar-refractivity contribution is 0.0622. The monoisotopic (exact) mass is 227 g/mol. The van der Waals surface area contributed by atoms with E-state index in [4.69, 9.17) is 0 Å². The first-order valence-corrected chi connectivity index (χ1v) is 6.85. The molecule has 1 aliphatic rings. The highest BCUT2D eigenvalue weighted by molar-refractivity contribution is 4.94. The Hall–Kier alpha value is -0.0800. The second-order valence-corrected chi connectivity index (χ2v) is 6.09. The summed E-state index contributed by atoms with van der Waals surface area (Å²) in [5, 5.41) is 13.0. The summed E-state index contributed by atoms with van der Waals surface area (Å²) in [6.07, 6.45) is 6.03. The van der Waals surface area contributed by atoms with Gasteiger partial charge in [0, 0.05) is 5.54 Å². The van der Waals surface area contributed by atoms with E-state index in [1.54, 1.807) is 0 Å². The quantitative estimate of drug-likeness (QED) is 0.757. The molecule has 0 bridgehead atoms. The van der Waals surface area contributed by atoms with Gasteiger partial charge in [0.05, 0.1) is 6.61 Å². The van der Waals surface area contributed by atoms with Gasteiger partial charge in [-0.2, -0.15) is 0 Å². The molecule has 16 heavy (non-hydrogen) atoms. The second-order valence-electron chi connectivity index (χ2n) is 6.09. The normalized spacial score (nSPS) is 31.7. The van der Waals surface area contributed by atoms with Gasteiger partial charge in [-0.05, 0) is 43.6 Å². The van der Waals surface area contributed by atoms with Crippen molar-refractivity contribution in [3.8, 4) is 0 Å². The van der Waals surface area contributed by atoms with Crippen molar-refractivity contribution in [2.45, 2.75) is 65.3 Å². The van der Waals surface area contributed by atoms with E-state index in [0.29, 0.717) is 12.0 Å². The number of rotatable bonds is 5. The van der Waals surface area contributed by atoms with Gasteiger partial charge in [-0.15, -0.1) is 0 Å². The molecule has 0 aromatic rings. The molecule has 2 N–H and O–H groups in total. The smallest absolute Gasteiger partial charge is 0.0613 e. The molecule has 2 heteroatoms. The number of nitrogens with one attached hydrogen (secondary N) is 1. The Morgan fingerprint density at radius 2 is 1.81 bits per heavy atom. The van der Waals surface area contributed by atoms with Crippen molar-refractivity contribution in [1.29, 1.82) is 0 Å². The molecule has 0 radical (unpaired) electrons. The number of hydrogen-bond donors (Lipinski definition) is 2. The molecule has 0 unspecified atom stereocenters. The van der Waals surface area contributed by atoms with Gasteiger partial charge < -0.3 is 10.4 Å². The van der Waals surface area contributed by atoms with Crippen LogP contribution in [0.25, 0.3) is 0 Å². The van der Waals surface area contributed by atoms with Crippen LogP contribution in [0.2, 0.25) is 0 Å². The van der Waals surface area contributed by atoms with Gasteiger partial charge in [0.1, 0.15) is 0 Å². The fourth-order valence-corrected chi connectivity index (χ4v) is 3.01. The maximum atomic E-state index is 9.56. The third-order valence-corrected chi connectivity index (χ3v) is 4.81. The fourth-order valence-electron chi connectivity index (χ4n) is 3.01. The Bertz CT molecular complexity index is 205. The molecule has 1 fully saturated rings. The van der Waals surface area contributed by atoms with Crippen LogP contribution in [0.4, 0.5) is 0 Å². The molecule has 0 aromatic carbocycles.